The molecular formula is C29H31N3O4S. The van der Waals surface area contributed by atoms with Gasteiger partial charge in [-0.25, -0.2) is 0 Å². The lowest BCUT2D eigenvalue weighted by atomic mass is 9.78. The summed E-state index contributed by atoms with van der Waals surface area (Å²) in [5, 5.41) is 11.4. The third kappa shape index (κ3) is 3.72. The highest BCUT2D eigenvalue weighted by atomic mass is 32.2. The molecule has 5 atom stereocenters. The number of likely N-dealkylation sites (N-methyl/N-ethyl adjacent to an activating group) is 1. The maximum atomic E-state index is 14.4. The summed E-state index contributed by atoms with van der Waals surface area (Å²) in [6.07, 6.45) is 9.24. The minimum Gasteiger partial charge on any atom is -0.396 e. The van der Waals surface area contributed by atoms with Crippen LogP contribution in [-0.4, -0.2) is 82.0 Å². The number of hydrogen-bond acceptors (Lipinski definition) is 5. The van der Waals surface area contributed by atoms with Gasteiger partial charge in [-0.05, 0) is 35.7 Å². The van der Waals surface area contributed by atoms with E-state index in [4.69, 9.17) is 0 Å². The Morgan fingerprint density at radius 2 is 1.78 bits per heavy atom. The SMILES string of the molecule is CN1CC=C[C@H]2S[C@]34C=CCN(c5ccc6ccccc6c5)C(=O)C3N(CCCCO)C(=O)[C@@H]4[C@H]2C1=O. The third-order valence-corrected chi connectivity index (χ3v) is 9.96. The molecule has 192 valence electrons. The van der Waals surface area contributed by atoms with E-state index in [1.165, 1.54) is 0 Å². The Bertz CT molecular complexity index is 1330. The first-order valence-corrected chi connectivity index (χ1v) is 13.8. The predicted octanol–water partition coefficient (Wildman–Crippen LogP) is 2.84. The van der Waals surface area contributed by atoms with Crippen molar-refractivity contribution in [1.82, 2.24) is 9.80 Å². The fourth-order valence-corrected chi connectivity index (χ4v) is 8.48. The molecule has 2 fully saturated rings. The highest BCUT2D eigenvalue weighted by Gasteiger charge is 2.70. The topological polar surface area (TPSA) is 81.2 Å². The molecule has 8 heteroatoms. The molecule has 4 aliphatic rings. The number of carbonyl (C=O) groups excluding carboxylic acids is 3. The van der Waals surface area contributed by atoms with Gasteiger partial charge in [-0.1, -0.05) is 54.6 Å². The number of rotatable bonds is 5. The van der Waals surface area contributed by atoms with E-state index in [1.54, 1.807) is 33.5 Å². The summed E-state index contributed by atoms with van der Waals surface area (Å²) in [4.78, 5) is 47.2. The predicted molar refractivity (Wildman–Crippen MR) is 145 cm³/mol. The number of fused-ring (bicyclic) bond motifs is 3. The van der Waals surface area contributed by atoms with E-state index in [1.807, 2.05) is 60.7 Å². The van der Waals surface area contributed by atoms with Crippen molar-refractivity contribution in [3.05, 3.63) is 66.8 Å². The molecule has 1 N–H and O–H groups in total. The zero-order chi connectivity index (χ0) is 25.7. The van der Waals surface area contributed by atoms with Crippen LogP contribution in [0.3, 0.4) is 0 Å². The van der Waals surface area contributed by atoms with Crippen molar-refractivity contribution >= 4 is 45.9 Å². The molecule has 37 heavy (non-hydrogen) atoms. The highest BCUT2D eigenvalue weighted by molar-refractivity contribution is 8.02. The van der Waals surface area contributed by atoms with E-state index in [0.29, 0.717) is 32.5 Å². The summed E-state index contributed by atoms with van der Waals surface area (Å²) in [7, 11) is 1.77. The molecule has 1 spiro atoms. The van der Waals surface area contributed by atoms with Crippen molar-refractivity contribution in [1.29, 1.82) is 0 Å². The van der Waals surface area contributed by atoms with Gasteiger partial charge in [0.2, 0.25) is 11.8 Å². The maximum absolute atomic E-state index is 14.4. The van der Waals surface area contributed by atoms with Crippen LogP contribution in [-0.2, 0) is 14.4 Å². The number of thioether (sulfide) groups is 1. The Labute approximate surface area is 220 Å². The minimum absolute atomic E-state index is 0.0336. The molecule has 4 heterocycles. The van der Waals surface area contributed by atoms with Crippen LogP contribution in [0.4, 0.5) is 5.69 Å². The molecule has 0 radical (unpaired) electrons. The Morgan fingerprint density at radius 3 is 2.59 bits per heavy atom. The number of likely N-dealkylation sites (tertiary alicyclic amines) is 1. The number of amides is 3. The number of carbonyl (C=O) groups is 3. The van der Waals surface area contributed by atoms with E-state index in [2.05, 4.69) is 6.08 Å². The molecule has 4 aliphatic heterocycles. The lowest BCUT2D eigenvalue weighted by Crippen LogP contribution is -2.53. The molecule has 0 aliphatic carbocycles. The van der Waals surface area contributed by atoms with Crippen LogP contribution in [0.1, 0.15) is 12.8 Å². The van der Waals surface area contributed by atoms with Gasteiger partial charge in [0.25, 0.3) is 5.91 Å². The fourth-order valence-electron chi connectivity index (χ4n) is 6.47. The largest absolute Gasteiger partial charge is 0.396 e. The molecule has 0 saturated carbocycles. The molecule has 2 aromatic rings. The third-order valence-electron chi connectivity index (χ3n) is 8.21. The van der Waals surface area contributed by atoms with Crippen molar-refractivity contribution in [2.75, 3.05) is 38.2 Å². The zero-order valence-corrected chi connectivity index (χ0v) is 21.6. The monoisotopic (exact) mass is 517 g/mol. The second-order valence-electron chi connectivity index (χ2n) is 10.3. The first-order valence-electron chi connectivity index (χ1n) is 12.9. The number of unbranched alkanes of at least 4 members (excludes halogenated alkanes) is 1. The van der Waals surface area contributed by atoms with Crippen molar-refractivity contribution < 1.29 is 19.5 Å². The normalized spacial score (nSPS) is 31.0. The second kappa shape index (κ2) is 9.33. The summed E-state index contributed by atoms with van der Waals surface area (Å²) < 4.78 is -0.813. The minimum atomic E-state index is -0.813. The maximum Gasteiger partial charge on any atom is 0.251 e. The first-order chi connectivity index (χ1) is 18.0. The summed E-state index contributed by atoms with van der Waals surface area (Å²) in [5.41, 5.74) is 0.796. The van der Waals surface area contributed by atoms with Crippen LogP contribution < -0.4 is 4.90 Å². The quantitative estimate of drug-likeness (QED) is 0.487. The van der Waals surface area contributed by atoms with Crippen LogP contribution >= 0.6 is 11.8 Å². The first kappa shape index (κ1) is 24.2. The molecule has 2 saturated heterocycles. The molecule has 0 aromatic heterocycles. The summed E-state index contributed by atoms with van der Waals surface area (Å²) in [6.45, 7) is 1.34. The standard InChI is InChI=1S/C29H31N3O4S/c1-30-14-6-10-22-23(26(30)34)24-27(35)32(15-4-5-17-33)25-28(36)31(16-7-13-29(24,25)37-22)21-12-11-19-8-2-3-9-20(19)18-21/h2-3,6-13,18,22-25,33H,4-5,14-17H2,1H3/t22-,23+,24+,25?,29+/m1/s1. The van der Waals surface area contributed by atoms with Gasteiger partial charge in [0.15, 0.2) is 0 Å². The Balaban J connectivity index is 1.44. The van der Waals surface area contributed by atoms with Crippen molar-refractivity contribution in [3.63, 3.8) is 0 Å². The van der Waals surface area contributed by atoms with E-state index < -0.39 is 22.6 Å². The number of benzene rings is 2. The number of nitrogens with zero attached hydrogens (tertiary/aromatic N) is 3. The van der Waals surface area contributed by atoms with E-state index >= 15 is 0 Å². The summed E-state index contributed by atoms with van der Waals surface area (Å²) in [6, 6.07) is 13.3. The summed E-state index contributed by atoms with van der Waals surface area (Å²) >= 11 is 1.60. The van der Waals surface area contributed by atoms with Crippen molar-refractivity contribution in [2.45, 2.75) is 28.9 Å². The molecule has 7 nitrogen and oxygen atoms in total. The van der Waals surface area contributed by atoms with Gasteiger partial charge in [0.05, 0.1) is 16.6 Å². The van der Waals surface area contributed by atoms with E-state index in [0.717, 1.165) is 16.5 Å². The van der Waals surface area contributed by atoms with E-state index in [-0.39, 0.29) is 29.6 Å². The van der Waals surface area contributed by atoms with Gasteiger partial charge in [-0.15, -0.1) is 11.8 Å². The molecule has 1 unspecified atom stereocenters. The number of aliphatic hydroxyl groups is 1. The van der Waals surface area contributed by atoms with Gasteiger partial charge in [0.1, 0.15) is 6.04 Å². The van der Waals surface area contributed by atoms with Crippen LogP contribution in [0, 0.1) is 11.8 Å². The number of aliphatic hydroxyl groups excluding tert-OH is 1. The smallest absolute Gasteiger partial charge is 0.251 e. The van der Waals surface area contributed by atoms with Crippen LogP contribution in [0.5, 0.6) is 0 Å². The number of anilines is 1. The molecule has 6 rings (SSSR count). The highest BCUT2D eigenvalue weighted by Crippen LogP contribution is 2.61. The summed E-state index contributed by atoms with van der Waals surface area (Å²) in [5.74, 6) is -1.38. The Kier molecular flexibility index (Phi) is 6.12. The van der Waals surface area contributed by atoms with Crippen molar-refractivity contribution in [2.24, 2.45) is 11.8 Å². The van der Waals surface area contributed by atoms with Crippen molar-refractivity contribution in [3.8, 4) is 0 Å². The van der Waals surface area contributed by atoms with Gasteiger partial charge in [-0.3, -0.25) is 14.4 Å². The number of hydrogen-bond donors (Lipinski definition) is 1. The molecule has 0 bridgehead atoms. The average Bonchev–Trinajstić information content (AvgIpc) is 3.22. The van der Waals surface area contributed by atoms with Gasteiger partial charge < -0.3 is 19.8 Å². The lowest BCUT2D eigenvalue weighted by molar-refractivity contribution is -0.142. The Hall–Kier alpha value is -3.10. The van der Waals surface area contributed by atoms with Crippen LogP contribution in [0.25, 0.3) is 10.8 Å². The van der Waals surface area contributed by atoms with Crippen LogP contribution in [0.15, 0.2) is 66.8 Å². The Morgan fingerprint density at radius 1 is 0.973 bits per heavy atom. The second-order valence-corrected chi connectivity index (χ2v) is 11.8. The zero-order valence-electron chi connectivity index (χ0n) is 20.8. The fraction of sp³-hybridized carbons (Fsp3) is 0.414. The van der Waals surface area contributed by atoms with E-state index in [9.17, 15) is 19.5 Å². The average molecular weight is 518 g/mol. The molecule has 3 amide bonds. The van der Waals surface area contributed by atoms with Gasteiger partial charge >= 0.3 is 0 Å². The van der Waals surface area contributed by atoms with Gasteiger partial charge in [-0.2, -0.15) is 0 Å². The molecule has 2 aromatic carbocycles. The molecular weight excluding hydrogens is 486 g/mol. The van der Waals surface area contributed by atoms with Crippen LogP contribution in [0.2, 0.25) is 0 Å². The lowest BCUT2D eigenvalue weighted by Gasteiger charge is -2.35. The van der Waals surface area contributed by atoms with Gasteiger partial charge in [0, 0.05) is 44.2 Å².